The maximum atomic E-state index is 14.0. The Bertz CT molecular complexity index is 1370. The zero-order valence-electron chi connectivity index (χ0n) is 23.7. The highest BCUT2D eigenvalue weighted by Gasteiger charge is 2.28. The number of ketones is 1. The summed E-state index contributed by atoms with van der Waals surface area (Å²) in [5.41, 5.74) is 3.29. The van der Waals surface area contributed by atoms with Crippen LogP contribution in [0.4, 0.5) is 10.5 Å². The first-order valence-electron chi connectivity index (χ1n) is 13.5. The van der Waals surface area contributed by atoms with E-state index >= 15 is 0 Å². The molecule has 0 unspecified atom stereocenters. The Morgan fingerprint density at radius 2 is 1.41 bits per heavy atom. The van der Waals surface area contributed by atoms with Gasteiger partial charge in [0, 0.05) is 65.2 Å². The van der Waals surface area contributed by atoms with Crippen LogP contribution in [0.2, 0.25) is 0 Å². The molecule has 9 nitrogen and oxygen atoms in total. The third kappa shape index (κ3) is 8.35. The molecule has 3 aromatic carbocycles. The van der Waals surface area contributed by atoms with Crippen LogP contribution in [0.25, 0.3) is 0 Å². The predicted molar refractivity (Wildman–Crippen MR) is 157 cm³/mol. The summed E-state index contributed by atoms with van der Waals surface area (Å²) in [7, 11) is 3.72. The lowest BCUT2D eigenvalue weighted by molar-refractivity contribution is -0.114. The molecule has 0 aliphatic carbocycles. The van der Waals surface area contributed by atoms with E-state index in [1.165, 1.54) is 6.92 Å². The van der Waals surface area contributed by atoms with Crippen molar-refractivity contribution in [3.63, 3.8) is 0 Å². The number of carbonyl (C=O) groups excluding carboxylic acids is 3. The Hall–Kier alpha value is -4.79. The molecular formula is C32H36N4O5. The number of piperazine rings is 1. The van der Waals surface area contributed by atoms with Gasteiger partial charge in [0.1, 0.15) is 24.7 Å². The summed E-state index contributed by atoms with van der Waals surface area (Å²) in [6.07, 6.45) is 1.41. The Labute approximate surface area is 241 Å². The molecule has 1 aliphatic rings. The first-order chi connectivity index (χ1) is 19.8. The van der Waals surface area contributed by atoms with Crippen LogP contribution in [0.1, 0.15) is 28.4 Å². The van der Waals surface area contributed by atoms with E-state index in [9.17, 15) is 14.4 Å². The van der Waals surface area contributed by atoms with Crippen molar-refractivity contribution >= 4 is 23.5 Å². The largest absolute Gasteiger partial charge is 0.488 e. The van der Waals surface area contributed by atoms with E-state index < -0.39 is 0 Å². The number of amides is 2. The van der Waals surface area contributed by atoms with Crippen molar-refractivity contribution in [3.8, 4) is 5.75 Å². The smallest absolute Gasteiger partial charge is 0.410 e. The average Bonchev–Trinajstić information content (AvgIpc) is 2.98. The molecule has 0 spiro atoms. The molecule has 1 aliphatic heterocycles. The second kappa shape index (κ2) is 14.0. The molecule has 1 heterocycles. The van der Waals surface area contributed by atoms with Crippen LogP contribution >= 0.6 is 0 Å². The number of Topliss-reactive ketones (excluding diaryl/α,β-unsaturated/α-hetero) is 1. The minimum atomic E-state index is -0.372. The fourth-order valence-corrected chi connectivity index (χ4v) is 4.45. The van der Waals surface area contributed by atoms with E-state index in [-0.39, 0.29) is 31.0 Å². The second-order valence-electron chi connectivity index (χ2n) is 9.99. The van der Waals surface area contributed by atoms with Gasteiger partial charge in [-0.1, -0.05) is 60.7 Å². The summed E-state index contributed by atoms with van der Waals surface area (Å²) in [5, 5.41) is 2.76. The zero-order valence-corrected chi connectivity index (χ0v) is 23.7. The molecule has 0 radical (unpaired) electrons. The predicted octanol–water partition coefficient (Wildman–Crippen LogP) is 4.76. The molecule has 9 heteroatoms. The number of nitrogens with one attached hydrogen (secondary N) is 1. The molecule has 0 atom stereocenters. The van der Waals surface area contributed by atoms with Crippen LogP contribution in [0, 0.1) is 0 Å². The van der Waals surface area contributed by atoms with Gasteiger partial charge in [-0.3, -0.25) is 9.59 Å². The lowest BCUT2D eigenvalue weighted by atomic mass is 10.0. The quantitative estimate of drug-likeness (QED) is 0.284. The second-order valence-corrected chi connectivity index (χ2v) is 9.99. The highest BCUT2D eigenvalue weighted by atomic mass is 16.6. The van der Waals surface area contributed by atoms with Crippen molar-refractivity contribution in [2.24, 2.45) is 0 Å². The van der Waals surface area contributed by atoms with Gasteiger partial charge in [0.15, 0.2) is 0 Å². The molecule has 4 rings (SSSR count). The summed E-state index contributed by atoms with van der Waals surface area (Å²) in [6.45, 7) is 3.69. The third-order valence-electron chi connectivity index (χ3n) is 6.48. The van der Waals surface area contributed by atoms with Crippen LogP contribution in [0.5, 0.6) is 5.75 Å². The van der Waals surface area contributed by atoms with Gasteiger partial charge in [0.2, 0.25) is 11.7 Å². The summed E-state index contributed by atoms with van der Waals surface area (Å²) >= 11 is 0. The molecule has 41 heavy (non-hydrogen) atoms. The average molecular weight is 557 g/mol. The van der Waals surface area contributed by atoms with Gasteiger partial charge < -0.3 is 29.5 Å². The van der Waals surface area contributed by atoms with Crippen molar-refractivity contribution in [2.75, 3.05) is 45.6 Å². The molecule has 3 aromatic rings. The molecule has 2 amide bonds. The van der Waals surface area contributed by atoms with Crippen molar-refractivity contribution in [1.82, 2.24) is 14.7 Å². The van der Waals surface area contributed by atoms with Crippen LogP contribution in [-0.4, -0.2) is 72.8 Å². The standard InChI is InChI=1S/C32H36N4O5/c1-24(37)33-27-14-15-28(30(20-27)40-22-25-10-6-4-7-11-25)31(38)29(21-34(2)3)35-16-18-36(19-17-35)32(39)41-23-26-12-8-5-9-13-26/h4-15,20-21H,16-19,22-23H2,1-3H3,(H,33,37). The summed E-state index contributed by atoms with van der Waals surface area (Å²) in [5.74, 6) is -0.0550. The number of nitrogens with zero attached hydrogens (tertiary/aromatic N) is 3. The number of allylic oxidation sites excluding steroid dienone is 1. The van der Waals surface area contributed by atoms with E-state index in [1.807, 2.05) is 84.6 Å². The van der Waals surface area contributed by atoms with Gasteiger partial charge in [-0.15, -0.1) is 0 Å². The third-order valence-corrected chi connectivity index (χ3v) is 6.48. The Kier molecular flexibility index (Phi) is 9.99. The molecule has 214 valence electrons. The first kappa shape index (κ1) is 29.2. The van der Waals surface area contributed by atoms with Crippen LogP contribution in [0.3, 0.4) is 0 Å². The summed E-state index contributed by atoms with van der Waals surface area (Å²) in [4.78, 5) is 43.8. The monoisotopic (exact) mass is 556 g/mol. The van der Waals surface area contributed by atoms with Crippen LogP contribution in [-0.2, 0) is 22.7 Å². The van der Waals surface area contributed by atoms with E-state index in [4.69, 9.17) is 9.47 Å². The number of carbonyl (C=O) groups is 3. The molecule has 1 fully saturated rings. The number of hydrogen-bond donors (Lipinski definition) is 1. The van der Waals surface area contributed by atoms with E-state index in [1.54, 1.807) is 29.3 Å². The fourth-order valence-electron chi connectivity index (χ4n) is 4.45. The normalized spacial score (nSPS) is 13.4. The maximum Gasteiger partial charge on any atom is 0.410 e. The molecule has 0 bridgehead atoms. The number of ether oxygens (including phenoxy) is 2. The molecule has 1 saturated heterocycles. The molecule has 0 aromatic heterocycles. The fraction of sp³-hybridized carbons (Fsp3) is 0.281. The Morgan fingerprint density at radius 3 is 2.00 bits per heavy atom. The maximum absolute atomic E-state index is 14.0. The number of anilines is 1. The SMILES string of the molecule is CC(=O)Nc1ccc(C(=O)C(=CN(C)C)N2CCN(C(=O)OCc3ccccc3)CC2)c(OCc2ccccc2)c1. The number of benzene rings is 3. The first-order valence-corrected chi connectivity index (χ1v) is 13.5. The Balaban J connectivity index is 1.49. The van der Waals surface area contributed by atoms with Crippen molar-refractivity contribution in [1.29, 1.82) is 0 Å². The van der Waals surface area contributed by atoms with Gasteiger partial charge >= 0.3 is 6.09 Å². The minimum Gasteiger partial charge on any atom is -0.488 e. The highest BCUT2D eigenvalue weighted by molar-refractivity contribution is 6.10. The van der Waals surface area contributed by atoms with Gasteiger partial charge in [0.25, 0.3) is 0 Å². The lowest BCUT2D eigenvalue weighted by Crippen LogP contribution is -2.49. The molecular weight excluding hydrogens is 520 g/mol. The molecule has 1 N–H and O–H groups in total. The van der Waals surface area contributed by atoms with E-state index in [2.05, 4.69) is 5.32 Å². The van der Waals surface area contributed by atoms with Crippen molar-refractivity contribution in [3.05, 3.63) is 107 Å². The number of rotatable bonds is 10. The van der Waals surface area contributed by atoms with Gasteiger partial charge in [-0.25, -0.2) is 4.79 Å². The Morgan fingerprint density at radius 1 is 0.829 bits per heavy atom. The van der Waals surface area contributed by atoms with Crippen molar-refractivity contribution < 1.29 is 23.9 Å². The lowest BCUT2D eigenvalue weighted by Gasteiger charge is -2.36. The highest BCUT2D eigenvalue weighted by Crippen LogP contribution is 2.28. The van der Waals surface area contributed by atoms with E-state index in [0.717, 1.165) is 11.1 Å². The molecule has 0 saturated carbocycles. The van der Waals surface area contributed by atoms with Gasteiger partial charge in [0.05, 0.1) is 5.56 Å². The summed E-state index contributed by atoms with van der Waals surface area (Å²) in [6, 6.07) is 24.3. The van der Waals surface area contributed by atoms with Gasteiger partial charge in [-0.05, 0) is 23.3 Å². The van der Waals surface area contributed by atoms with Gasteiger partial charge in [-0.2, -0.15) is 0 Å². The van der Waals surface area contributed by atoms with Crippen LogP contribution < -0.4 is 10.1 Å². The van der Waals surface area contributed by atoms with Crippen molar-refractivity contribution in [2.45, 2.75) is 20.1 Å². The summed E-state index contributed by atoms with van der Waals surface area (Å²) < 4.78 is 11.6. The van der Waals surface area contributed by atoms with Crippen LogP contribution in [0.15, 0.2) is 90.8 Å². The number of hydrogen-bond acceptors (Lipinski definition) is 7. The minimum absolute atomic E-state index is 0.212. The topological polar surface area (TPSA) is 91.4 Å². The van der Waals surface area contributed by atoms with E-state index in [0.29, 0.717) is 48.9 Å². The zero-order chi connectivity index (χ0) is 29.2.